The average Bonchev–Trinajstić information content (AvgIpc) is 2.12. The molecule has 3 heteroatoms. The molecular formula is C5H10N2S. The Morgan fingerprint density at radius 3 is 2.75 bits per heavy atom. The molecule has 1 rings (SSSR count). The predicted octanol–water partition coefficient (Wildman–Crippen LogP) is 0.649. The molecule has 0 saturated heterocycles. The zero-order valence-corrected chi connectivity index (χ0v) is 5.98. The van der Waals surface area contributed by atoms with Gasteiger partial charge in [0.05, 0.1) is 5.55 Å². The minimum atomic E-state index is 0.431. The van der Waals surface area contributed by atoms with Crippen LogP contribution in [0.4, 0.5) is 0 Å². The van der Waals surface area contributed by atoms with Crippen LogP contribution in [0, 0.1) is 0 Å². The topological polar surface area (TPSA) is 15.6 Å². The van der Waals surface area contributed by atoms with Crippen molar-refractivity contribution in [1.29, 1.82) is 0 Å². The minimum absolute atomic E-state index is 0.431. The van der Waals surface area contributed by atoms with Gasteiger partial charge in [0.25, 0.3) is 0 Å². The molecule has 2 nitrogen and oxygen atoms in total. The highest BCUT2D eigenvalue weighted by Crippen LogP contribution is 2.11. The van der Waals surface area contributed by atoms with E-state index in [1.165, 1.54) is 0 Å². The van der Waals surface area contributed by atoms with Crippen LogP contribution in [-0.4, -0.2) is 36.5 Å². The Kier molecular flexibility index (Phi) is 1.91. The lowest BCUT2D eigenvalue weighted by Gasteiger charge is -2.13. The number of thioether (sulfide) groups is 1. The summed E-state index contributed by atoms with van der Waals surface area (Å²) in [6, 6.07) is 0. The molecule has 0 fully saturated rings. The second kappa shape index (κ2) is 2.51. The van der Waals surface area contributed by atoms with E-state index >= 15 is 0 Å². The maximum Gasteiger partial charge on any atom is 0.112 e. The van der Waals surface area contributed by atoms with Crippen LogP contribution in [-0.2, 0) is 0 Å². The quantitative estimate of drug-likeness (QED) is 0.518. The van der Waals surface area contributed by atoms with Crippen molar-refractivity contribution in [2.45, 2.75) is 6.17 Å². The summed E-state index contributed by atoms with van der Waals surface area (Å²) >= 11 is 1.78. The van der Waals surface area contributed by atoms with E-state index < -0.39 is 0 Å². The highest BCUT2D eigenvalue weighted by molar-refractivity contribution is 8.12. The molecule has 0 amide bonds. The molecule has 46 valence electrons. The highest BCUT2D eigenvalue weighted by atomic mass is 32.2. The second-order valence-electron chi connectivity index (χ2n) is 2.03. The van der Waals surface area contributed by atoms with E-state index in [1.54, 1.807) is 11.8 Å². The zero-order valence-electron chi connectivity index (χ0n) is 5.16. The Bertz CT molecular complexity index is 101. The van der Waals surface area contributed by atoms with Crippen LogP contribution in [0.15, 0.2) is 4.99 Å². The number of hydrogen-bond acceptors (Lipinski definition) is 3. The molecule has 1 atom stereocenters. The van der Waals surface area contributed by atoms with E-state index in [9.17, 15) is 0 Å². The molecule has 0 aromatic rings. The Hall–Kier alpha value is -0.0200. The van der Waals surface area contributed by atoms with Crippen LogP contribution in [0.2, 0.25) is 0 Å². The lowest BCUT2D eigenvalue weighted by molar-refractivity contribution is 0.332. The van der Waals surface area contributed by atoms with Crippen molar-refractivity contribution < 1.29 is 0 Å². The zero-order chi connectivity index (χ0) is 5.98. The molecular weight excluding hydrogens is 120 g/mol. The van der Waals surface area contributed by atoms with Gasteiger partial charge < -0.3 is 0 Å². The molecule has 0 bridgehead atoms. The summed E-state index contributed by atoms with van der Waals surface area (Å²) in [7, 11) is 4.10. The van der Waals surface area contributed by atoms with Crippen molar-refractivity contribution in [1.82, 2.24) is 4.90 Å². The van der Waals surface area contributed by atoms with Gasteiger partial charge in [-0.15, -0.1) is 11.8 Å². The van der Waals surface area contributed by atoms with Crippen LogP contribution < -0.4 is 0 Å². The van der Waals surface area contributed by atoms with Gasteiger partial charge in [0.2, 0.25) is 0 Å². The third-order valence-electron chi connectivity index (χ3n) is 1.15. The molecule has 1 aliphatic heterocycles. The molecule has 1 unspecified atom stereocenters. The fraction of sp³-hybridized carbons (Fsp3) is 0.800. The molecule has 0 spiro atoms. The second-order valence-corrected chi connectivity index (χ2v) is 2.91. The molecule has 0 aliphatic carbocycles. The van der Waals surface area contributed by atoms with Crippen LogP contribution in [0.25, 0.3) is 0 Å². The standard InChI is InChI=1S/C5H10N2S/c1-7(2)5-3-8-4-6-5/h4-5H,3H2,1-2H3. The predicted molar refractivity (Wildman–Crippen MR) is 38.4 cm³/mol. The molecule has 0 saturated carbocycles. The number of nitrogens with zero attached hydrogens (tertiary/aromatic N) is 2. The van der Waals surface area contributed by atoms with Gasteiger partial charge in [-0.25, -0.2) is 0 Å². The summed E-state index contributed by atoms with van der Waals surface area (Å²) in [5.74, 6) is 1.12. The van der Waals surface area contributed by atoms with Crippen molar-refractivity contribution in [3.05, 3.63) is 0 Å². The minimum Gasteiger partial charge on any atom is -0.287 e. The maximum absolute atomic E-state index is 4.20. The molecule has 1 heterocycles. The van der Waals surface area contributed by atoms with Gasteiger partial charge in [-0.3, -0.25) is 9.89 Å². The lowest BCUT2D eigenvalue weighted by atomic mass is 10.5. The maximum atomic E-state index is 4.20. The van der Waals surface area contributed by atoms with Crippen molar-refractivity contribution in [3.63, 3.8) is 0 Å². The van der Waals surface area contributed by atoms with Gasteiger partial charge >= 0.3 is 0 Å². The van der Waals surface area contributed by atoms with Crippen LogP contribution in [0.1, 0.15) is 0 Å². The fourth-order valence-corrected chi connectivity index (χ4v) is 1.44. The Morgan fingerprint density at radius 1 is 1.75 bits per heavy atom. The average molecular weight is 130 g/mol. The normalized spacial score (nSPS) is 27.6. The number of hydrogen-bond donors (Lipinski definition) is 0. The first-order valence-electron chi connectivity index (χ1n) is 2.60. The van der Waals surface area contributed by atoms with Gasteiger partial charge in [-0.05, 0) is 14.1 Å². The van der Waals surface area contributed by atoms with Gasteiger partial charge in [0.15, 0.2) is 0 Å². The Labute approximate surface area is 54.0 Å². The fourth-order valence-electron chi connectivity index (χ4n) is 0.568. The van der Waals surface area contributed by atoms with Crippen molar-refractivity contribution in [2.75, 3.05) is 19.8 Å². The first kappa shape index (κ1) is 6.11. The molecule has 8 heavy (non-hydrogen) atoms. The molecule has 0 aromatic heterocycles. The van der Waals surface area contributed by atoms with Gasteiger partial charge in [0.1, 0.15) is 6.17 Å². The largest absolute Gasteiger partial charge is 0.287 e. The van der Waals surface area contributed by atoms with E-state index in [0.29, 0.717) is 6.17 Å². The lowest BCUT2D eigenvalue weighted by Crippen LogP contribution is -2.25. The van der Waals surface area contributed by atoms with Crippen LogP contribution in [0.3, 0.4) is 0 Å². The van der Waals surface area contributed by atoms with E-state index in [-0.39, 0.29) is 0 Å². The number of rotatable bonds is 1. The summed E-state index contributed by atoms with van der Waals surface area (Å²) < 4.78 is 0. The monoisotopic (exact) mass is 130 g/mol. The molecule has 0 aromatic carbocycles. The van der Waals surface area contributed by atoms with Crippen molar-refractivity contribution >= 4 is 17.3 Å². The van der Waals surface area contributed by atoms with Crippen molar-refractivity contribution in [3.8, 4) is 0 Å². The summed E-state index contributed by atoms with van der Waals surface area (Å²) in [6.45, 7) is 0. The van der Waals surface area contributed by atoms with Crippen LogP contribution >= 0.6 is 11.8 Å². The molecule has 0 N–H and O–H groups in total. The smallest absolute Gasteiger partial charge is 0.112 e. The Morgan fingerprint density at radius 2 is 2.50 bits per heavy atom. The van der Waals surface area contributed by atoms with Gasteiger partial charge in [-0.2, -0.15) is 0 Å². The van der Waals surface area contributed by atoms with E-state index in [1.807, 2.05) is 19.6 Å². The highest BCUT2D eigenvalue weighted by Gasteiger charge is 2.11. The van der Waals surface area contributed by atoms with Crippen LogP contribution in [0.5, 0.6) is 0 Å². The first-order chi connectivity index (χ1) is 3.80. The first-order valence-corrected chi connectivity index (χ1v) is 3.65. The van der Waals surface area contributed by atoms with E-state index in [0.717, 1.165) is 5.75 Å². The van der Waals surface area contributed by atoms with Crippen molar-refractivity contribution in [2.24, 2.45) is 4.99 Å². The van der Waals surface area contributed by atoms with E-state index in [2.05, 4.69) is 9.89 Å². The SMILES string of the molecule is CN(C)C1CSC=N1. The van der Waals surface area contributed by atoms with E-state index in [4.69, 9.17) is 0 Å². The third-order valence-corrected chi connectivity index (χ3v) is 1.91. The molecule has 1 aliphatic rings. The number of aliphatic imine (C=N–C) groups is 1. The molecule has 0 radical (unpaired) electrons. The third kappa shape index (κ3) is 1.23. The summed E-state index contributed by atoms with van der Waals surface area (Å²) in [5.41, 5.74) is 1.92. The Balaban J connectivity index is 2.36. The summed E-state index contributed by atoms with van der Waals surface area (Å²) in [5, 5.41) is 0. The summed E-state index contributed by atoms with van der Waals surface area (Å²) in [6.07, 6.45) is 0.431. The van der Waals surface area contributed by atoms with Gasteiger partial charge in [0, 0.05) is 5.75 Å². The van der Waals surface area contributed by atoms with Gasteiger partial charge in [-0.1, -0.05) is 0 Å². The summed E-state index contributed by atoms with van der Waals surface area (Å²) in [4.78, 5) is 6.32.